The van der Waals surface area contributed by atoms with Crippen LogP contribution in [0.3, 0.4) is 0 Å². The summed E-state index contributed by atoms with van der Waals surface area (Å²) in [4.78, 5) is 11.6. The molecule has 1 atom stereocenters. The molecule has 0 amide bonds. The van der Waals surface area contributed by atoms with E-state index in [2.05, 4.69) is 64.6 Å². The minimum atomic E-state index is 0.429. The Morgan fingerprint density at radius 3 is 2.83 bits per heavy atom. The predicted molar refractivity (Wildman–Crippen MR) is 118 cm³/mol. The Hall–Kier alpha value is -3.09. The van der Waals surface area contributed by atoms with Gasteiger partial charge in [0.1, 0.15) is 6.54 Å². The van der Waals surface area contributed by atoms with Crippen LogP contribution in [-0.4, -0.2) is 45.3 Å². The van der Waals surface area contributed by atoms with Crippen molar-refractivity contribution in [2.45, 2.75) is 33.2 Å². The number of hydrogen-bond donors (Lipinski definition) is 1. The SMILES string of the molecule is CCNC(=NCc1ncc(-c2ccc(C)cc2)o1)N1CCC(Cc2cnn(C)c2)C1. The van der Waals surface area contributed by atoms with E-state index < -0.39 is 0 Å². The summed E-state index contributed by atoms with van der Waals surface area (Å²) in [7, 11) is 1.97. The molecule has 2 aromatic heterocycles. The van der Waals surface area contributed by atoms with Crippen LogP contribution in [-0.2, 0) is 20.0 Å². The molecule has 7 nitrogen and oxygen atoms in total. The molecular weight excluding hydrogens is 376 g/mol. The zero-order valence-corrected chi connectivity index (χ0v) is 18.0. The van der Waals surface area contributed by atoms with E-state index in [1.165, 1.54) is 11.1 Å². The molecule has 1 fully saturated rings. The molecule has 4 rings (SSSR count). The Morgan fingerprint density at radius 1 is 1.27 bits per heavy atom. The van der Waals surface area contributed by atoms with Crippen molar-refractivity contribution >= 4 is 5.96 Å². The highest BCUT2D eigenvalue weighted by Gasteiger charge is 2.25. The van der Waals surface area contributed by atoms with Crippen LogP contribution >= 0.6 is 0 Å². The van der Waals surface area contributed by atoms with Gasteiger partial charge >= 0.3 is 0 Å². The fraction of sp³-hybridized carbons (Fsp3) is 0.435. The Morgan fingerprint density at radius 2 is 2.10 bits per heavy atom. The molecule has 7 heteroatoms. The Kier molecular flexibility index (Phi) is 6.16. The number of nitrogens with zero attached hydrogens (tertiary/aromatic N) is 5. The van der Waals surface area contributed by atoms with Crippen molar-refractivity contribution in [2.24, 2.45) is 18.0 Å². The third kappa shape index (κ3) is 4.90. The summed E-state index contributed by atoms with van der Waals surface area (Å²) in [6, 6.07) is 8.27. The monoisotopic (exact) mass is 406 g/mol. The fourth-order valence-corrected chi connectivity index (χ4v) is 3.91. The number of aromatic nitrogens is 3. The van der Waals surface area contributed by atoms with Crippen LogP contribution in [0.1, 0.15) is 30.4 Å². The van der Waals surface area contributed by atoms with E-state index in [1.54, 1.807) is 6.20 Å². The van der Waals surface area contributed by atoms with Crippen molar-refractivity contribution in [3.05, 3.63) is 59.9 Å². The van der Waals surface area contributed by atoms with Crippen molar-refractivity contribution in [2.75, 3.05) is 19.6 Å². The largest absolute Gasteiger partial charge is 0.439 e. The summed E-state index contributed by atoms with van der Waals surface area (Å²) >= 11 is 0. The van der Waals surface area contributed by atoms with Gasteiger partial charge in [-0.25, -0.2) is 9.98 Å². The first-order valence-electron chi connectivity index (χ1n) is 10.6. The summed E-state index contributed by atoms with van der Waals surface area (Å²) < 4.78 is 7.80. The smallest absolute Gasteiger partial charge is 0.216 e. The molecule has 0 saturated carbocycles. The van der Waals surface area contributed by atoms with Crippen molar-refractivity contribution in [1.29, 1.82) is 0 Å². The standard InChI is InChI=1S/C23H30N6O/c1-4-24-23(29-10-9-18(16-29)11-19-12-27-28(3)15-19)26-14-22-25-13-21(30-22)20-7-5-17(2)6-8-20/h5-8,12-13,15,18H,4,9-11,14,16H2,1-3H3,(H,24,26). The molecular formula is C23H30N6O. The van der Waals surface area contributed by atoms with Crippen LogP contribution in [0, 0.1) is 12.8 Å². The number of benzene rings is 1. The van der Waals surface area contributed by atoms with Crippen molar-refractivity contribution in [3.8, 4) is 11.3 Å². The van der Waals surface area contributed by atoms with Gasteiger partial charge in [-0.15, -0.1) is 0 Å². The molecule has 1 saturated heterocycles. The van der Waals surface area contributed by atoms with Crippen molar-refractivity contribution in [3.63, 3.8) is 0 Å². The molecule has 0 aliphatic carbocycles. The topological polar surface area (TPSA) is 71.5 Å². The van der Waals surface area contributed by atoms with Gasteiger partial charge in [-0.1, -0.05) is 29.8 Å². The second kappa shape index (κ2) is 9.15. The van der Waals surface area contributed by atoms with Gasteiger partial charge in [-0.05, 0) is 38.2 Å². The van der Waals surface area contributed by atoms with Crippen LogP contribution in [0.4, 0.5) is 0 Å². The molecule has 1 N–H and O–H groups in total. The molecule has 0 radical (unpaired) electrons. The lowest BCUT2D eigenvalue weighted by Gasteiger charge is -2.21. The van der Waals surface area contributed by atoms with Gasteiger partial charge in [0.05, 0.1) is 12.4 Å². The van der Waals surface area contributed by atoms with Crippen LogP contribution in [0.5, 0.6) is 0 Å². The van der Waals surface area contributed by atoms with Gasteiger partial charge in [0.25, 0.3) is 0 Å². The Labute approximate surface area is 177 Å². The zero-order valence-electron chi connectivity index (χ0n) is 18.0. The van der Waals surface area contributed by atoms with Crippen LogP contribution in [0.25, 0.3) is 11.3 Å². The van der Waals surface area contributed by atoms with E-state index in [0.29, 0.717) is 18.4 Å². The lowest BCUT2D eigenvalue weighted by Crippen LogP contribution is -2.40. The molecule has 1 aliphatic heterocycles. The molecule has 158 valence electrons. The van der Waals surface area contributed by atoms with Gasteiger partial charge in [0.15, 0.2) is 11.7 Å². The number of likely N-dealkylation sites (tertiary alicyclic amines) is 1. The van der Waals surface area contributed by atoms with Crippen molar-refractivity contribution in [1.82, 2.24) is 25.0 Å². The molecule has 3 aromatic rings. The van der Waals surface area contributed by atoms with E-state index in [9.17, 15) is 0 Å². The van der Waals surface area contributed by atoms with Gasteiger partial charge in [-0.3, -0.25) is 4.68 Å². The van der Waals surface area contributed by atoms with Gasteiger partial charge in [0, 0.05) is 38.4 Å². The summed E-state index contributed by atoms with van der Waals surface area (Å²) in [5.74, 6) is 2.96. The van der Waals surface area contributed by atoms with E-state index >= 15 is 0 Å². The minimum Gasteiger partial charge on any atom is -0.439 e. The second-order valence-electron chi connectivity index (χ2n) is 7.98. The highest BCUT2D eigenvalue weighted by Crippen LogP contribution is 2.22. The second-order valence-corrected chi connectivity index (χ2v) is 7.98. The van der Waals surface area contributed by atoms with Crippen LogP contribution < -0.4 is 5.32 Å². The number of guanidine groups is 1. The quantitative estimate of drug-likeness (QED) is 0.502. The summed E-state index contributed by atoms with van der Waals surface area (Å²) in [6.07, 6.45) is 8.08. The average molecular weight is 407 g/mol. The zero-order chi connectivity index (χ0) is 20.9. The first-order valence-corrected chi connectivity index (χ1v) is 10.6. The minimum absolute atomic E-state index is 0.429. The molecule has 0 spiro atoms. The number of nitrogens with one attached hydrogen (secondary N) is 1. The Balaban J connectivity index is 1.39. The summed E-state index contributed by atoms with van der Waals surface area (Å²) in [5.41, 5.74) is 3.56. The number of hydrogen-bond acceptors (Lipinski definition) is 4. The molecule has 1 aromatic carbocycles. The first-order chi connectivity index (χ1) is 14.6. The maximum absolute atomic E-state index is 5.93. The third-order valence-corrected chi connectivity index (χ3v) is 5.46. The first kappa shape index (κ1) is 20.2. The number of oxazole rings is 1. The molecule has 1 aliphatic rings. The van der Waals surface area contributed by atoms with Gasteiger partial charge in [0.2, 0.25) is 5.89 Å². The maximum Gasteiger partial charge on any atom is 0.216 e. The highest BCUT2D eigenvalue weighted by molar-refractivity contribution is 5.80. The lowest BCUT2D eigenvalue weighted by atomic mass is 10.0. The van der Waals surface area contributed by atoms with E-state index in [1.807, 2.05) is 17.9 Å². The van der Waals surface area contributed by atoms with Gasteiger partial charge < -0.3 is 14.6 Å². The fourth-order valence-electron chi connectivity index (χ4n) is 3.91. The number of aryl methyl sites for hydroxylation is 2. The predicted octanol–water partition coefficient (Wildman–Crippen LogP) is 3.41. The van der Waals surface area contributed by atoms with E-state index in [4.69, 9.17) is 9.41 Å². The molecule has 30 heavy (non-hydrogen) atoms. The average Bonchev–Trinajstić information content (AvgIpc) is 3.48. The van der Waals surface area contributed by atoms with E-state index in [0.717, 1.165) is 49.8 Å². The van der Waals surface area contributed by atoms with Crippen LogP contribution in [0.15, 0.2) is 52.3 Å². The summed E-state index contributed by atoms with van der Waals surface area (Å²) in [6.45, 7) is 7.45. The number of rotatable bonds is 6. The van der Waals surface area contributed by atoms with Crippen LogP contribution in [0.2, 0.25) is 0 Å². The highest BCUT2D eigenvalue weighted by atomic mass is 16.4. The molecule has 1 unspecified atom stereocenters. The molecule has 0 bridgehead atoms. The van der Waals surface area contributed by atoms with Crippen molar-refractivity contribution < 1.29 is 4.42 Å². The third-order valence-electron chi connectivity index (χ3n) is 5.46. The lowest BCUT2D eigenvalue weighted by molar-refractivity contribution is 0.455. The molecule has 3 heterocycles. The van der Waals surface area contributed by atoms with Gasteiger partial charge in [-0.2, -0.15) is 5.10 Å². The normalized spacial score (nSPS) is 17.0. The number of aliphatic imine (C=N–C) groups is 1. The summed E-state index contributed by atoms with van der Waals surface area (Å²) in [5, 5.41) is 7.70. The maximum atomic E-state index is 5.93. The van der Waals surface area contributed by atoms with E-state index in [-0.39, 0.29) is 0 Å². The Bertz CT molecular complexity index is 987.